The molecule has 0 aliphatic heterocycles. The van der Waals surface area contributed by atoms with E-state index in [2.05, 4.69) is 0 Å². The van der Waals surface area contributed by atoms with E-state index in [-0.39, 0.29) is 17.1 Å². The van der Waals surface area contributed by atoms with Gasteiger partial charge in [-0.2, -0.15) is 0 Å². The normalized spacial score (nSPS) is 21.4. The van der Waals surface area contributed by atoms with Crippen LogP contribution in [0, 0.1) is 5.92 Å². The van der Waals surface area contributed by atoms with Crippen molar-refractivity contribution in [1.82, 2.24) is 0 Å². The molecule has 0 heterocycles. The largest absolute Gasteiger partial charge is 0.508 e. The summed E-state index contributed by atoms with van der Waals surface area (Å²) in [4.78, 5) is 12.1. The molecule has 1 aromatic rings. The molecule has 0 spiro atoms. The molecule has 1 aromatic carbocycles. The molecule has 18 heavy (non-hydrogen) atoms. The summed E-state index contributed by atoms with van der Waals surface area (Å²) in [6, 6.07) is 5.45. The zero-order chi connectivity index (χ0) is 13.3. The lowest BCUT2D eigenvalue weighted by Gasteiger charge is -2.27. The third-order valence-corrected chi connectivity index (χ3v) is 2.71. The smallest absolute Gasteiger partial charge is 0.200 e. The van der Waals surface area contributed by atoms with Crippen LogP contribution in [-0.2, 0) is 0 Å². The average Bonchev–Trinajstić information content (AvgIpc) is 2.28. The first kappa shape index (κ1) is 12.3. The van der Waals surface area contributed by atoms with Crippen LogP contribution in [0.5, 0.6) is 5.75 Å². The van der Waals surface area contributed by atoms with Gasteiger partial charge in [0.2, 0.25) is 5.79 Å². The number of phenolic OH excluding ortho intramolecular Hbond substituents is 1. The van der Waals surface area contributed by atoms with Gasteiger partial charge in [0.1, 0.15) is 11.5 Å². The first-order valence-electron chi connectivity index (χ1n) is 5.28. The van der Waals surface area contributed by atoms with Crippen LogP contribution in [-0.4, -0.2) is 32.0 Å². The van der Waals surface area contributed by atoms with Crippen LogP contribution in [0.1, 0.15) is 10.4 Å². The molecule has 1 aliphatic carbocycles. The van der Waals surface area contributed by atoms with Gasteiger partial charge in [-0.05, 0) is 30.3 Å². The van der Waals surface area contributed by atoms with Crippen LogP contribution >= 0.6 is 0 Å². The van der Waals surface area contributed by atoms with Crippen molar-refractivity contribution in [1.29, 1.82) is 0 Å². The highest BCUT2D eigenvalue weighted by Crippen LogP contribution is 2.28. The predicted octanol–water partition coefficient (Wildman–Crippen LogP) is 0.884. The summed E-state index contributed by atoms with van der Waals surface area (Å²) >= 11 is 0. The van der Waals surface area contributed by atoms with Gasteiger partial charge in [0, 0.05) is 11.6 Å². The molecule has 0 fully saturated rings. The van der Waals surface area contributed by atoms with E-state index < -0.39 is 17.5 Å². The number of aliphatic hydroxyl groups excluding tert-OH is 1. The number of Topliss-reactive ketones (excluding diaryl/α,β-unsaturated/α-hetero) is 1. The lowest BCUT2D eigenvalue weighted by Crippen LogP contribution is -2.41. The quantitative estimate of drug-likeness (QED) is 0.460. The fraction of sp³-hybridized carbons (Fsp3) is 0.154. The number of benzene rings is 1. The van der Waals surface area contributed by atoms with Gasteiger partial charge in [-0.15, -0.1) is 0 Å². The van der Waals surface area contributed by atoms with Crippen LogP contribution in [0.4, 0.5) is 0 Å². The SMILES string of the molecule is O=C(c1ccc(O)cc1)C1C=CC(O)=CC1(O)O. The Hall–Kier alpha value is -2.11. The summed E-state index contributed by atoms with van der Waals surface area (Å²) < 4.78 is 0. The molecule has 0 aromatic heterocycles. The van der Waals surface area contributed by atoms with Gasteiger partial charge in [0.15, 0.2) is 5.78 Å². The van der Waals surface area contributed by atoms with E-state index in [1.165, 1.54) is 36.4 Å². The molecule has 5 heteroatoms. The maximum atomic E-state index is 12.1. The Morgan fingerprint density at radius 1 is 1.11 bits per heavy atom. The van der Waals surface area contributed by atoms with Crippen LogP contribution in [0.25, 0.3) is 0 Å². The highest BCUT2D eigenvalue weighted by atomic mass is 16.5. The van der Waals surface area contributed by atoms with Crippen LogP contribution in [0.3, 0.4) is 0 Å². The highest BCUT2D eigenvalue weighted by Gasteiger charge is 2.39. The van der Waals surface area contributed by atoms with Gasteiger partial charge in [0.25, 0.3) is 0 Å². The summed E-state index contributed by atoms with van der Waals surface area (Å²) in [5, 5.41) is 37.7. The molecule has 4 N–H and O–H groups in total. The number of allylic oxidation sites excluding steroid dienone is 1. The molecule has 0 saturated carbocycles. The van der Waals surface area contributed by atoms with Crippen molar-refractivity contribution in [3.05, 3.63) is 53.8 Å². The van der Waals surface area contributed by atoms with E-state index in [1.807, 2.05) is 0 Å². The third kappa shape index (κ3) is 2.27. The van der Waals surface area contributed by atoms with E-state index in [0.29, 0.717) is 0 Å². The molecule has 2 rings (SSSR count). The van der Waals surface area contributed by atoms with Gasteiger partial charge in [0.05, 0.1) is 5.92 Å². The second-order valence-electron chi connectivity index (χ2n) is 4.10. The molecule has 5 nitrogen and oxygen atoms in total. The summed E-state index contributed by atoms with van der Waals surface area (Å²) in [5.41, 5.74) is 0.240. The summed E-state index contributed by atoms with van der Waals surface area (Å²) in [6.45, 7) is 0. The molecule has 1 unspecified atom stereocenters. The average molecular weight is 248 g/mol. The molecular weight excluding hydrogens is 236 g/mol. The number of aliphatic hydroxyl groups is 3. The van der Waals surface area contributed by atoms with Crippen molar-refractivity contribution in [3.8, 4) is 5.75 Å². The van der Waals surface area contributed by atoms with Crippen molar-refractivity contribution < 1.29 is 25.2 Å². The third-order valence-electron chi connectivity index (χ3n) is 2.71. The first-order chi connectivity index (χ1) is 8.40. The monoisotopic (exact) mass is 248 g/mol. The van der Waals surface area contributed by atoms with Gasteiger partial charge in [-0.1, -0.05) is 6.08 Å². The lowest BCUT2D eigenvalue weighted by molar-refractivity contribution is -0.138. The van der Waals surface area contributed by atoms with E-state index >= 15 is 0 Å². The van der Waals surface area contributed by atoms with Crippen molar-refractivity contribution >= 4 is 5.78 Å². The second kappa shape index (κ2) is 4.29. The minimum atomic E-state index is -2.42. The zero-order valence-corrected chi connectivity index (χ0v) is 9.32. The van der Waals surface area contributed by atoms with E-state index in [0.717, 1.165) is 6.08 Å². The molecular formula is C13H12O5. The van der Waals surface area contributed by atoms with E-state index in [1.54, 1.807) is 0 Å². The molecule has 0 radical (unpaired) electrons. The maximum absolute atomic E-state index is 12.1. The Balaban J connectivity index is 2.30. The Bertz CT molecular complexity index is 525. The number of carbonyl (C=O) groups is 1. The maximum Gasteiger partial charge on any atom is 0.200 e. The van der Waals surface area contributed by atoms with Crippen molar-refractivity contribution in [3.63, 3.8) is 0 Å². The fourth-order valence-corrected chi connectivity index (χ4v) is 1.78. The molecule has 0 saturated heterocycles. The van der Waals surface area contributed by atoms with Gasteiger partial charge in [-0.25, -0.2) is 0 Å². The summed E-state index contributed by atoms with van der Waals surface area (Å²) in [7, 11) is 0. The van der Waals surface area contributed by atoms with Gasteiger partial charge < -0.3 is 20.4 Å². The number of rotatable bonds is 2. The molecule has 1 atom stereocenters. The molecule has 1 aliphatic rings. The van der Waals surface area contributed by atoms with E-state index in [9.17, 15) is 15.0 Å². The second-order valence-corrected chi connectivity index (χ2v) is 4.10. The van der Waals surface area contributed by atoms with Gasteiger partial charge >= 0.3 is 0 Å². The minimum absolute atomic E-state index is 0.0162. The fourth-order valence-electron chi connectivity index (χ4n) is 1.78. The topological polar surface area (TPSA) is 98.0 Å². The number of aromatic hydroxyl groups is 1. The van der Waals surface area contributed by atoms with Crippen LogP contribution in [0.2, 0.25) is 0 Å². The Morgan fingerprint density at radius 3 is 2.28 bits per heavy atom. The summed E-state index contributed by atoms with van der Waals surface area (Å²) in [6.07, 6.45) is 3.26. The Kier molecular flexibility index (Phi) is 2.94. The van der Waals surface area contributed by atoms with Crippen LogP contribution in [0.15, 0.2) is 48.3 Å². The molecule has 94 valence electrons. The summed E-state index contributed by atoms with van der Waals surface area (Å²) in [5.74, 6) is -4.43. The number of ketones is 1. The Labute approximate surface area is 103 Å². The number of hydrogen-bond donors (Lipinski definition) is 4. The van der Waals surface area contributed by atoms with Crippen molar-refractivity contribution in [2.75, 3.05) is 0 Å². The van der Waals surface area contributed by atoms with E-state index in [4.69, 9.17) is 10.2 Å². The lowest BCUT2D eigenvalue weighted by atomic mass is 9.86. The minimum Gasteiger partial charge on any atom is -0.508 e. The standard InChI is InChI=1S/C13H12O5/c14-9-3-1-8(2-4-9)12(16)11-6-5-10(15)7-13(11,17)18/h1-7,11,14-15,17-18H. The zero-order valence-electron chi connectivity index (χ0n) is 9.32. The first-order valence-corrected chi connectivity index (χ1v) is 5.28. The predicted molar refractivity (Wildman–Crippen MR) is 62.9 cm³/mol. The van der Waals surface area contributed by atoms with Crippen molar-refractivity contribution in [2.45, 2.75) is 5.79 Å². The highest BCUT2D eigenvalue weighted by molar-refractivity contribution is 6.00. The molecule has 0 bridgehead atoms. The van der Waals surface area contributed by atoms with Gasteiger partial charge in [-0.3, -0.25) is 4.79 Å². The molecule has 0 amide bonds. The number of phenols is 1. The number of carbonyl (C=O) groups excluding carboxylic acids is 1. The Morgan fingerprint density at radius 2 is 1.72 bits per heavy atom. The van der Waals surface area contributed by atoms with Crippen LogP contribution < -0.4 is 0 Å². The van der Waals surface area contributed by atoms with Crippen molar-refractivity contribution in [2.24, 2.45) is 5.92 Å². The number of hydrogen-bond acceptors (Lipinski definition) is 5.